The fourth-order valence-corrected chi connectivity index (χ4v) is 3.66. The molecule has 4 aromatic rings. The topological polar surface area (TPSA) is 67.3 Å². The number of nitrogens with zero attached hydrogens (tertiary/aromatic N) is 1. The number of carbonyl (C=O) groups excluding carboxylic acids is 2. The molecule has 4 heteroatoms. The Hall–Kier alpha value is -3.53. The fourth-order valence-electron chi connectivity index (χ4n) is 3.66. The summed E-state index contributed by atoms with van der Waals surface area (Å²) >= 11 is 0. The molecule has 0 spiro atoms. The first-order valence-corrected chi connectivity index (χ1v) is 8.33. The Kier molecular flexibility index (Phi) is 2.97. The van der Waals surface area contributed by atoms with Crippen LogP contribution in [0.25, 0.3) is 21.7 Å². The van der Waals surface area contributed by atoms with E-state index in [4.69, 9.17) is 0 Å². The summed E-state index contributed by atoms with van der Waals surface area (Å²) in [4.78, 5) is 30.4. The predicted molar refractivity (Wildman–Crippen MR) is 98.8 cm³/mol. The van der Waals surface area contributed by atoms with Crippen molar-refractivity contribution in [2.75, 3.05) is 0 Å². The number of para-hydroxylation sites is 1. The zero-order valence-electron chi connectivity index (χ0n) is 13.6. The molecule has 0 unspecified atom stereocenters. The Morgan fingerprint density at radius 1 is 0.731 bits per heavy atom. The van der Waals surface area contributed by atoms with E-state index < -0.39 is 5.92 Å². The molecule has 0 bridgehead atoms. The van der Waals surface area contributed by atoms with Crippen LogP contribution in [0, 0.1) is 0 Å². The fraction of sp³-hybridized carbons (Fsp3) is 0.0455. The van der Waals surface area contributed by atoms with Crippen molar-refractivity contribution in [3.05, 3.63) is 83.6 Å². The van der Waals surface area contributed by atoms with Crippen molar-refractivity contribution in [2.45, 2.75) is 5.92 Å². The van der Waals surface area contributed by atoms with Crippen molar-refractivity contribution in [2.24, 2.45) is 0 Å². The highest BCUT2D eigenvalue weighted by Gasteiger charge is 2.42. The molecule has 0 fully saturated rings. The number of Topliss-reactive ketones (excluding diaryl/α,β-unsaturated/α-hetero) is 2. The average Bonchev–Trinajstić information content (AvgIpc) is 2.90. The molecule has 3 aromatic carbocycles. The molecule has 0 amide bonds. The van der Waals surface area contributed by atoms with Gasteiger partial charge in [-0.3, -0.25) is 9.59 Å². The normalized spacial score (nSPS) is 14.3. The number of aromatic hydroxyl groups is 1. The zero-order chi connectivity index (χ0) is 17.8. The van der Waals surface area contributed by atoms with Crippen LogP contribution in [0.2, 0.25) is 0 Å². The lowest BCUT2D eigenvalue weighted by Gasteiger charge is -2.10. The van der Waals surface area contributed by atoms with Gasteiger partial charge in [-0.1, -0.05) is 42.5 Å². The molecule has 26 heavy (non-hydrogen) atoms. The summed E-state index contributed by atoms with van der Waals surface area (Å²) in [5, 5.41) is 13.0. The zero-order valence-corrected chi connectivity index (χ0v) is 13.6. The largest absolute Gasteiger partial charge is 0.506 e. The molecule has 0 saturated carbocycles. The Morgan fingerprint density at radius 2 is 1.27 bits per heavy atom. The second kappa shape index (κ2) is 5.23. The standard InChI is InChI=1S/C22H13NO3/c24-18-11-14-7-3-4-8-17(14)23-20(18)19-21(25)15-9-12-5-1-2-6-13(12)10-16(15)22(19)26/h1-11,19,24H. The minimum atomic E-state index is -1.09. The number of rotatable bonds is 1. The summed E-state index contributed by atoms with van der Waals surface area (Å²) < 4.78 is 0. The molecule has 1 N–H and O–H groups in total. The van der Waals surface area contributed by atoms with Crippen LogP contribution in [-0.2, 0) is 0 Å². The van der Waals surface area contributed by atoms with Crippen molar-refractivity contribution in [3.63, 3.8) is 0 Å². The third kappa shape index (κ3) is 1.99. The molecule has 1 aromatic heterocycles. The maximum Gasteiger partial charge on any atom is 0.180 e. The summed E-state index contributed by atoms with van der Waals surface area (Å²) in [7, 11) is 0. The second-order valence-corrected chi connectivity index (χ2v) is 6.49. The van der Waals surface area contributed by atoms with Crippen molar-refractivity contribution in [3.8, 4) is 5.75 Å². The smallest absolute Gasteiger partial charge is 0.180 e. The molecule has 124 valence electrons. The molecule has 0 atom stereocenters. The van der Waals surface area contributed by atoms with Crippen LogP contribution in [-0.4, -0.2) is 21.7 Å². The number of ketones is 2. The van der Waals surface area contributed by atoms with Crippen molar-refractivity contribution in [1.82, 2.24) is 4.98 Å². The van der Waals surface area contributed by atoms with E-state index >= 15 is 0 Å². The highest BCUT2D eigenvalue weighted by atomic mass is 16.3. The van der Waals surface area contributed by atoms with Gasteiger partial charge in [-0.05, 0) is 35.0 Å². The Morgan fingerprint density at radius 3 is 1.88 bits per heavy atom. The van der Waals surface area contributed by atoms with Crippen molar-refractivity contribution in [1.29, 1.82) is 0 Å². The predicted octanol–water partition coefficient (Wildman–Crippen LogP) is 4.26. The molecule has 0 aliphatic heterocycles. The number of hydrogen-bond acceptors (Lipinski definition) is 4. The third-order valence-electron chi connectivity index (χ3n) is 4.95. The number of hydrogen-bond donors (Lipinski definition) is 1. The van der Waals surface area contributed by atoms with Crippen LogP contribution >= 0.6 is 0 Å². The van der Waals surface area contributed by atoms with Gasteiger partial charge in [0.25, 0.3) is 0 Å². The highest BCUT2D eigenvalue weighted by Crippen LogP contribution is 2.39. The summed E-state index contributed by atoms with van der Waals surface area (Å²) in [5.41, 5.74) is 1.56. The lowest BCUT2D eigenvalue weighted by Crippen LogP contribution is -2.14. The summed E-state index contributed by atoms with van der Waals surface area (Å²) in [6.45, 7) is 0. The molecular formula is C22H13NO3. The number of fused-ring (bicyclic) bond motifs is 3. The first-order valence-electron chi connectivity index (χ1n) is 8.33. The van der Waals surface area contributed by atoms with Crippen LogP contribution in [0.5, 0.6) is 5.75 Å². The van der Waals surface area contributed by atoms with Crippen LogP contribution in [0.4, 0.5) is 0 Å². The molecule has 1 aliphatic rings. The summed E-state index contributed by atoms with van der Waals surface area (Å²) in [6, 6.07) is 20.0. The molecule has 1 heterocycles. The molecular weight excluding hydrogens is 326 g/mol. The van der Waals surface area contributed by atoms with Crippen LogP contribution in [0.1, 0.15) is 32.3 Å². The van der Waals surface area contributed by atoms with E-state index in [0.29, 0.717) is 16.6 Å². The summed E-state index contributed by atoms with van der Waals surface area (Å²) in [5.74, 6) is -1.85. The maximum atomic E-state index is 13.0. The van der Waals surface area contributed by atoms with Gasteiger partial charge < -0.3 is 5.11 Å². The van der Waals surface area contributed by atoms with Crippen LogP contribution in [0.15, 0.2) is 66.7 Å². The van der Waals surface area contributed by atoms with Gasteiger partial charge in [-0.25, -0.2) is 4.98 Å². The van der Waals surface area contributed by atoms with Gasteiger partial charge >= 0.3 is 0 Å². The lowest BCUT2D eigenvalue weighted by molar-refractivity contribution is 0.0886. The van der Waals surface area contributed by atoms with E-state index in [9.17, 15) is 14.7 Å². The van der Waals surface area contributed by atoms with Crippen molar-refractivity contribution >= 4 is 33.2 Å². The van der Waals surface area contributed by atoms with E-state index in [-0.39, 0.29) is 23.0 Å². The van der Waals surface area contributed by atoms with Gasteiger partial charge in [-0.2, -0.15) is 0 Å². The van der Waals surface area contributed by atoms with E-state index in [1.54, 1.807) is 24.3 Å². The van der Waals surface area contributed by atoms with E-state index in [2.05, 4.69) is 4.98 Å². The van der Waals surface area contributed by atoms with Gasteiger partial charge in [0.2, 0.25) is 0 Å². The number of aromatic nitrogens is 1. The second-order valence-electron chi connectivity index (χ2n) is 6.49. The Bertz CT molecular complexity index is 1190. The van der Waals surface area contributed by atoms with E-state index in [1.165, 1.54) is 0 Å². The monoisotopic (exact) mass is 339 g/mol. The van der Waals surface area contributed by atoms with Gasteiger partial charge in [0.1, 0.15) is 17.4 Å². The first kappa shape index (κ1) is 14.8. The average molecular weight is 339 g/mol. The molecule has 0 saturated heterocycles. The molecule has 1 aliphatic carbocycles. The minimum Gasteiger partial charge on any atom is -0.506 e. The summed E-state index contributed by atoms with van der Waals surface area (Å²) in [6.07, 6.45) is 0. The Labute approximate surface area is 148 Å². The number of pyridine rings is 1. The van der Waals surface area contributed by atoms with Crippen LogP contribution < -0.4 is 0 Å². The van der Waals surface area contributed by atoms with Gasteiger partial charge in [-0.15, -0.1) is 0 Å². The van der Waals surface area contributed by atoms with E-state index in [1.807, 2.05) is 42.5 Å². The van der Waals surface area contributed by atoms with Gasteiger partial charge in [0.15, 0.2) is 11.6 Å². The molecule has 5 rings (SSSR count). The Balaban J connectivity index is 1.71. The quantitative estimate of drug-likeness (QED) is 0.526. The SMILES string of the molecule is O=C1c2cc3ccccc3cc2C(=O)C1c1nc2ccccc2cc1O. The number of carbonyl (C=O) groups is 2. The van der Waals surface area contributed by atoms with Gasteiger partial charge in [0, 0.05) is 16.5 Å². The molecule has 0 radical (unpaired) electrons. The molecule has 4 nitrogen and oxygen atoms in total. The third-order valence-corrected chi connectivity index (χ3v) is 4.95. The number of benzene rings is 3. The maximum absolute atomic E-state index is 13.0. The minimum absolute atomic E-state index is 0.124. The van der Waals surface area contributed by atoms with Crippen LogP contribution in [0.3, 0.4) is 0 Å². The van der Waals surface area contributed by atoms with Crippen molar-refractivity contribution < 1.29 is 14.7 Å². The highest BCUT2D eigenvalue weighted by molar-refractivity contribution is 6.31. The lowest BCUT2D eigenvalue weighted by atomic mass is 9.97. The van der Waals surface area contributed by atoms with Gasteiger partial charge in [0.05, 0.1) is 5.52 Å². The first-order chi connectivity index (χ1) is 12.6. The van der Waals surface area contributed by atoms with E-state index in [0.717, 1.165) is 16.2 Å².